The van der Waals surface area contributed by atoms with Crippen LogP contribution in [-0.2, 0) is 16.4 Å². The first kappa shape index (κ1) is 20.2. The number of primary sulfonamides is 1. The van der Waals surface area contributed by atoms with Crippen molar-refractivity contribution in [3.8, 4) is 11.5 Å². The maximum atomic E-state index is 12.2. The Kier molecular flexibility index (Phi) is 7.44. The molecule has 0 saturated carbocycles. The number of para-hydroxylation sites is 1. The molecule has 2 aromatic rings. The van der Waals surface area contributed by atoms with Crippen molar-refractivity contribution in [1.82, 2.24) is 0 Å². The van der Waals surface area contributed by atoms with E-state index < -0.39 is 10.0 Å². The van der Waals surface area contributed by atoms with E-state index in [1.54, 1.807) is 18.2 Å². The molecule has 0 bridgehead atoms. The molecule has 7 heteroatoms. The van der Waals surface area contributed by atoms with Crippen LogP contribution in [0.25, 0.3) is 0 Å². The van der Waals surface area contributed by atoms with Gasteiger partial charge in [0.25, 0.3) is 0 Å². The van der Waals surface area contributed by atoms with Gasteiger partial charge in [-0.25, -0.2) is 13.6 Å². The quantitative estimate of drug-likeness (QED) is 0.551. The van der Waals surface area contributed by atoms with Crippen LogP contribution in [0.2, 0.25) is 0 Å². The van der Waals surface area contributed by atoms with Gasteiger partial charge < -0.3 is 15.8 Å². The molecular formula is C19H27N3O3S. The number of sulfonamides is 1. The lowest BCUT2D eigenvalue weighted by molar-refractivity contribution is 0.469. The average molecular weight is 378 g/mol. The Bertz CT molecular complexity index is 808. The summed E-state index contributed by atoms with van der Waals surface area (Å²) in [5.41, 5.74) is 7.07. The summed E-state index contributed by atoms with van der Waals surface area (Å²) < 4.78 is 30.3. The molecule has 6 nitrogen and oxygen atoms in total. The largest absolute Gasteiger partial charge is 0.454 e. The number of ether oxygens (including phenoxy) is 1. The summed E-state index contributed by atoms with van der Waals surface area (Å²) in [6, 6.07) is 12.5. The number of hydrogen-bond donors (Lipinski definition) is 3. The molecule has 2 aromatic carbocycles. The molecule has 0 aromatic heterocycles. The number of unbranched alkanes of at least 4 members (excludes halogenated alkanes) is 1. The van der Waals surface area contributed by atoms with Crippen molar-refractivity contribution in [3.05, 3.63) is 48.0 Å². The van der Waals surface area contributed by atoms with Crippen molar-refractivity contribution in [2.24, 2.45) is 10.9 Å². The average Bonchev–Trinajstić information content (AvgIpc) is 2.61. The highest BCUT2D eigenvalue weighted by Crippen LogP contribution is 2.37. The molecule has 0 aliphatic carbocycles. The fourth-order valence-corrected chi connectivity index (χ4v) is 3.29. The lowest BCUT2D eigenvalue weighted by atomic mass is 10.1. The molecule has 0 unspecified atom stereocenters. The molecule has 0 atom stereocenters. The summed E-state index contributed by atoms with van der Waals surface area (Å²) in [4.78, 5) is -0.0186. The highest BCUT2D eigenvalue weighted by Gasteiger charge is 2.21. The fourth-order valence-electron chi connectivity index (χ4n) is 2.56. The molecule has 0 radical (unpaired) electrons. The maximum absolute atomic E-state index is 12.2. The molecule has 2 rings (SSSR count). The number of nitrogens with one attached hydrogen (secondary N) is 1. The van der Waals surface area contributed by atoms with Crippen molar-refractivity contribution >= 4 is 15.7 Å². The van der Waals surface area contributed by atoms with Crippen LogP contribution in [0, 0.1) is 0 Å². The molecule has 0 aliphatic heterocycles. The van der Waals surface area contributed by atoms with Crippen molar-refractivity contribution in [3.63, 3.8) is 0 Å². The van der Waals surface area contributed by atoms with Crippen LogP contribution in [0.15, 0.2) is 47.4 Å². The normalized spacial score (nSPS) is 11.3. The van der Waals surface area contributed by atoms with Gasteiger partial charge in [-0.1, -0.05) is 31.5 Å². The molecule has 5 N–H and O–H groups in total. The van der Waals surface area contributed by atoms with Crippen molar-refractivity contribution in [2.45, 2.75) is 37.5 Å². The number of aryl methyl sites for hydroxylation is 1. The Morgan fingerprint density at radius 1 is 1.12 bits per heavy atom. The van der Waals surface area contributed by atoms with Gasteiger partial charge in [0.05, 0.1) is 5.69 Å². The van der Waals surface area contributed by atoms with Gasteiger partial charge >= 0.3 is 0 Å². The Morgan fingerprint density at radius 2 is 1.85 bits per heavy atom. The van der Waals surface area contributed by atoms with Crippen LogP contribution >= 0.6 is 0 Å². The summed E-state index contributed by atoms with van der Waals surface area (Å²) in [5.74, 6) is 0.775. The second-order valence-corrected chi connectivity index (χ2v) is 7.63. The van der Waals surface area contributed by atoms with Gasteiger partial charge in [-0.2, -0.15) is 0 Å². The number of hydrogen-bond acceptors (Lipinski definition) is 5. The van der Waals surface area contributed by atoms with Crippen molar-refractivity contribution < 1.29 is 13.2 Å². The third-order valence-electron chi connectivity index (χ3n) is 3.90. The number of nitrogens with two attached hydrogens (primary N) is 2. The third-order valence-corrected chi connectivity index (χ3v) is 4.82. The summed E-state index contributed by atoms with van der Waals surface area (Å²) >= 11 is 0. The van der Waals surface area contributed by atoms with Gasteiger partial charge in [-0.15, -0.1) is 0 Å². The van der Waals surface area contributed by atoms with E-state index in [9.17, 15) is 8.42 Å². The molecule has 0 aliphatic rings. The smallest absolute Gasteiger partial charge is 0.241 e. The number of anilines is 1. The standard InChI is InChI=1S/C19H27N3O3S/c1-2-3-12-22-17-13-15(8-7-11-20)14-18(26(21,23)24)19(17)25-16-9-5-4-6-10-16/h4-6,9-10,13-14,22H,2-3,7-8,11-12,20H2,1H3,(H2,21,23,24). The topological polar surface area (TPSA) is 107 Å². The SMILES string of the molecule is CCCCNc1cc(CCCN)cc(S(N)(=O)=O)c1Oc1ccccc1. The monoisotopic (exact) mass is 377 g/mol. The van der Waals surface area contributed by atoms with E-state index in [2.05, 4.69) is 12.2 Å². The van der Waals surface area contributed by atoms with Gasteiger partial charge in [-0.3, -0.25) is 0 Å². The van der Waals surface area contributed by atoms with Gasteiger partial charge in [0.15, 0.2) is 5.75 Å². The molecule has 0 spiro atoms. The van der Waals surface area contributed by atoms with Gasteiger partial charge in [0, 0.05) is 6.54 Å². The number of rotatable bonds is 10. The van der Waals surface area contributed by atoms with E-state index in [4.69, 9.17) is 15.6 Å². The second kappa shape index (κ2) is 9.56. The van der Waals surface area contributed by atoms with Crippen LogP contribution in [0.4, 0.5) is 5.69 Å². The summed E-state index contributed by atoms with van der Waals surface area (Å²) in [5, 5.41) is 8.76. The van der Waals surface area contributed by atoms with E-state index in [-0.39, 0.29) is 10.6 Å². The van der Waals surface area contributed by atoms with E-state index in [1.807, 2.05) is 24.3 Å². The van der Waals surface area contributed by atoms with Crippen molar-refractivity contribution in [2.75, 3.05) is 18.4 Å². The van der Waals surface area contributed by atoms with Gasteiger partial charge in [0.2, 0.25) is 10.0 Å². The fraction of sp³-hybridized carbons (Fsp3) is 0.368. The van der Waals surface area contributed by atoms with Gasteiger partial charge in [-0.05, 0) is 55.6 Å². The van der Waals surface area contributed by atoms with Crippen molar-refractivity contribution in [1.29, 1.82) is 0 Å². The second-order valence-electron chi connectivity index (χ2n) is 6.10. The molecular weight excluding hydrogens is 350 g/mol. The first-order chi connectivity index (χ1) is 12.5. The summed E-state index contributed by atoms with van der Waals surface area (Å²) in [7, 11) is -3.95. The summed E-state index contributed by atoms with van der Waals surface area (Å²) in [6.45, 7) is 3.34. The van der Waals surface area contributed by atoms with Crippen LogP contribution in [0.5, 0.6) is 11.5 Å². The Labute approximate surface area is 155 Å². The van der Waals surface area contributed by atoms with E-state index in [0.29, 0.717) is 30.9 Å². The highest BCUT2D eigenvalue weighted by atomic mass is 32.2. The predicted molar refractivity (Wildman–Crippen MR) is 105 cm³/mol. The predicted octanol–water partition coefficient (Wildman–Crippen LogP) is 3.23. The molecule has 0 fully saturated rings. The highest BCUT2D eigenvalue weighted by molar-refractivity contribution is 7.89. The van der Waals surface area contributed by atoms with Crippen LogP contribution in [0.3, 0.4) is 0 Å². The van der Waals surface area contributed by atoms with Crippen LogP contribution < -0.4 is 20.9 Å². The zero-order valence-corrected chi connectivity index (χ0v) is 15.9. The Balaban J connectivity index is 2.51. The first-order valence-electron chi connectivity index (χ1n) is 8.82. The molecule has 0 heterocycles. The minimum Gasteiger partial charge on any atom is -0.454 e. The lowest BCUT2D eigenvalue weighted by Gasteiger charge is -2.18. The Hall–Kier alpha value is -2.09. The van der Waals surface area contributed by atoms with E-state index >= 15 is 0 Å². The van der Waals surface area contributed by atoms with Crippen LogP contribution in [-0.4, -0.2) is 21.5 Å². The van der Waals surface area contributed by atoms with Crippen LogP contribution in [0.1, 0.15) is 31.7 Å². The zero-order chi connectivity index (χ0) is 19.0. The third kappa shape index (κ3) is 5.72. The molecule has 26 heavy (non-hydrogen) atoms. The lowest BCUT2D eigenvalue weighted by Crippen LogP contribution is -2.15. The summed E-state index contributed by atoms with van der Waals surface area (Å²) in [6.07, 6.45) is 3.42. The minimum absolute atomic E-state index is 0.0186. The molecule has 0 saturated heterocycles. The number of benzene rings is 2. The molecule has 0 amide bonds. The van der Waals surface area contributed by atoms with E-state index in [0.717, 1.165) is 24.8 Å². The maximum Gasteiger partial charge on any atom is 0.241 e. The zero-order valence-electron chi connectivity index (χ0n) is 15.1. The minimum atomic E-state index is -3.95. The Morgan fingerprint density at radius 3 is 2.46 bits per heavy atom. The van der Waals surface area contributed by atoms with Gasteiger partial charge in [0.1, 0.15) is 10.6 Å². The van der Waals surface area contributed by atoms with E-state index in [1.165, 1.54) is 0 Å². The molecule has 142 valence electrons. The first-order valence-corrected chi connectivity index (χ1v) is 10.4.